The van der Waals surface area contributed by atoms with Gasteiger partial charge >= 0.3 is 0 Å². The topological polar surface area (TPSA) is 12.0 Å². The molecule has 20 heavy (non-hydrogen) atoms. The van der Waals surface area contributed by atoms with Crippen molar-refractivity contribution in [3.63, 3.8) is 0 Å². The van der Waals surface area contributed by atoms with Gasteiger partial charge in [0.05, 0.1) is 0 Å². The molecule has 0 aliphatic heterocycles. The number of halogens is 2. The van der Waals surface area contributed by atoms with Gasteiger partial charge in [0.25, 0.3) is 0 Å². The van der Waals surface area contributed by atoms with Gasteiger partial charge in [0.15, 0.2) is 0 Å². The molecule has 0 radical (unpaired) electrons. The summed E-state index contributed by atoms with van der Waals surface area (Å²) < 4.78 is 27.3. The first-order chi connectivity index (χ1) is 9.61. The fraction of sp³-hybridized carbons (Fsp3) is 0.294. The molecule has 0 bridgehead atoms. The van der Waals surface area contributed by atoms with E-state index in [1.165, 1.54) is 12.1 Å². The van der Waals surface area contributed by atoms with Gasteiger partial charge in [-0.25, -0.2) is 8.78 Å². The van der Waals surface area contributed by atoms with Crippen LogP contribution in [0.2, 0.25) is 0 Å². The molecule has 0 atom stereocenters. The summed E-state index contributed by atoms with van der Waals surface area (Å²) in [6.07, 6.45) is 1.06. The summed E-state index contributed by atoms with van der Waals surface area (Å²) in [5.41, 5.74) is 2.77. The monoisotopic (exact) mass is 275 g/mol. The molecular formula is C17H19F2N. The van der Waals surface area contributed by atoms with Crippen LogP contribution >= 0.6 is 0 Å². The smallest absolute Gasteiger partial charge is 0.131 e. The van der Waals surface area contributed by atoms with Crippen LogP contribution in [0, 0.1) is 18.6 Å². The van der Waals surface area contributed by atoms with Gasteiger partial charge in [-0.3, -0.25) is 0 Å². The lowest BCUT2D eigenvalue weighted by atomic mass is 10.0. The normalized spacial score (nSPS) is 10.8. The Kier molecular flexibility index (Phi) is 4.85. The van der Waals surface area contributed by atoms with Crippen molar-refractivity contribution in [2.75, 3.05) is 6.54 Å². The van der Waals surface area contributed by atoms with E-state index in [1.54, 1.807) is 25.1 Å². The number of hydrogen-bond donors (Lipinski definition) is 1. The minimum atomic E-state index is -0.282. The molecule has 106 valence electrons. The van der Waals surface area contributed by atoms with Crippen LogP contribution in [0.3, 0.4) is 0 Å². The summed E-state index contributed by atoms with van der Waals surface area (Å²) in [6.45, 7) is 5.43. The van der Waals surface area contributed by atoms with Gasteiger partial charge < -0.3 is 5.32 Å². The lowest BCUT2D eigenvalue weighted by Gasteiger charge is -2.09. The van der Waals surface area contributed by atoms with E-state index in [9.17, 15) is 8.78 Å². The summed E-state index contributed by atoms with van der Waals surface area (Å²) in [5.74, 6) is -0.551. The second kappa shape index (κ2) is 6.62. The Labute approximate surface area is 118 Å². The third-order valence-electron chi connectivity index (χ3n) is 3.26. The van der Waals surface area contributed by atoms with E-state index >= 15 is 0 Å². The molecule has 3 heteroatoms. The molecule has 0 saturated heterocycles. The molecule has 0 spiro atoms. The third kappa shape index (κ3) is 3.42. The third-order valence-corrected chi connectivity index (χ3v) is 3.26. The van der Waals surface area contributed by atoms with Crippen LogP contribution in [0.25, 0.3) is 11.1 Å². The van der Waals surface area contributed by atoms with Crippen molar-refractivity contribution in [1.29, 1.82) is 0 Å². The number of nitrogens with one attached hydrogen (secondary N) is 1. The summed E-state index contributed by atoms with van der Waals surface area (Å²) in [7, 11) is 0. The number of hydrogen-bond acceptors (Lipinski definition) is 1. The molecule has 0 aliphatic rings. The van der Waals surface area contributed by atoms with Crippen LogP contribution in [0.4, 0.5) is 8.78 Å². The van der Waals surface area contributed by atoms with Crippen molar-refractivity contribution in [2.45, 2.75) is 26.8 Å². The maximum atomic E-state index is 14.0. The van der Waals surface area contributed by atoms with Gasteiger partial charge in [-0.1, -0.05) is 19.1 Å². The summed E-state index contributed by atoms with van der Waals surface area (Å²) in [6, 6.07) is 9.74. The number of aryl methyl sites for hydroxylation is 1. The highest BCUT2D eigenvalue weighted by molar-refractivity contribution is 5.65. The Bertz CT molecular complexity index is 594. The maximum absolute atomic E-state index is 14.0. The number of benzene rings is 2. The molecule has 2 aromatic carbocycles. The summed E-state index contributed by atoms with van der Waals surface area (Å²) in [5, 5.41) is 3.29. The second-order valence-electron chi connectivity index (χ2n) is 4.95. The van der Waals surface area contributed by atoms with Crippen LogP contribution in [0.1, 0.15) is 24.5 Å². The first-order valence-electron chi connectivity index (χ1n) is 6.87. The van der Waals surface area contributed by atoms with Crippen molar-refractivity contribution in [3.05, 3.63) is 59.2 Å². The molecule has 2 rings (SSSR count). The summed E-state index contributed by atoms with van der Waals surface area (Å²) in [4.78, 5) is 0. The van der Waals surface area contributed by atoms with Crippen molar-refractivity contribution in [1.82, 2.24) is 5.32 Å². The van der Waals surface area contributed by atoms with Gasteiger partial charge in [0.2, 0.25) is 0 Å². The van der Waals surface area contributed by atoms with Crippen LogP contribution in [0.5, 0.6) is 0 Å². The minimum Gasteiger partial charge on any atom is -0.313 e. The highest BCUT2D eigenvalue weighted by Gasteiger charge is 2.08. The van der Waals surface area contributed by atoms with Gasteiger partial charge in [-0.2, -0.15) is 0 Å². The Morgan fingerprint density at radius 1 is 1.00 bits per heavy atom. The lowest BCUT2D eigenvalue weighted by molar-refractivity contribution is 0.617. The average Bonchev–Trinajstić information content (AvgIpc) is 2.44. The molecule has 0 unspecified atom stereocenters. The van der Waals surface area contributed by atoms with Crippen molar-refractivity contribution in [3.8, 4) is 11.1 Å². The minimum absolute atomic E-state index is 0.269. The van der Waals surface area contributed by atoms with Crippen LogP contribution < -0.4 is 5.32 Å². The Hall–Kier alpha value is -1.74. The molecule has 0 saturated carbocycles. The largest absolute Gasteiger partial charge is 0.313 e. The van der Waals surface area contributed by atoms with Gasteiger partial charge in [0.1, 0.15) is 11.6 Å². The SMILES string of the molecule is CCCNCc1ccc(F)c(-c2ccc(F)c(C)c2)c1. The standard InChI is InChI=1S/C17H19F2N/c1-3-8-20-11-13-4-6-17(19)15(10-13)14-5-7-16(18)12(2)9-14/h4-7,9-10,20H,3,8,11H2,1-2H3. The van der Waals surface area contributed by atoms with E-state index in [1.807, 2.05) is 6.07 Å². The second-order valence-corrected chi connectivity index (χ2v) is 4.95. The Balaban J connectivity index is 2.29. The molecule has 1 nitrogen and oxygen atoms in total. The molecule has 0 fully saturated rings. The molecular weight excluding hydrogens is 256 g/mol. The van der Waals surface area contributed by atoms with Crippen LogP contribution in [0.15, 0.2) is 36.4 Å². The zero-order chi connectivity index (χ0) is 14.5. The van der Waals surface area contributed by atoms with Gasteiger partial charge in [-0.05, 0) is 60.8 Å². The van der Waals surface area contributed by atoms with Gasteiger partial charge in [0, 0.05) is 12.1 Å². The number of rotatable bonds is 5. The van der Waals surface area contributed by atoms with E-state index in [0.29, 0.717) is 23.2 Å². The Morgan fingerprint density at radius 2 is 1.75 bits per heavy atom. The van der Waals surface area contributed by atoms with E-state index in [-0.39, 0.29) is 11.6 Å². The molecule has 0 heterocycles. The van der Waals surface area contributed by atoms with E-state index in [2.05, 4.69) is 12.2 Å². The highest BCUT2D eigenvalue weighted by atomic mass is 19.1. The average molecular weight is 275 g/mol. The first kappa shape index (κ1) is 14.7. The maximum Gasteiger partial charge on any atom is 0.131 e. The zero-order valence-corrected chi connectivity index (χ0v) is 11.8. The van der Waals surface area contributed by atoms with Crippen LogP contribution in [-0.4, -0.2) is 6.54 Å². The van der Waals surface area contributed by atoms with E-state index in [0.717, 1.165) is 18.5 Å². The van der Waals surface area contributed by atoms with Crippen molar-refractivity contribution in [2.24, 2.45) is 0 Å². The first-order valence-corrected chi connectivity index (χ1v) is 6.87. The van der Waals surface area contributed by atoms with E-state index in [4.69, 9.17) is 0 Å². The predicted octanol–water partition coefficient (Wildman–Crippen LogP) is 4.44. The predicted molar refractivity (Wildman–Crippen MR) is 78.5 cm³/mol. The highest BCUT2D eigenvalue weighted by Crippen LogP contribution is 2.25. The van der Waals surface area contributed by atoms with E-state index < -0.39 is 0 Å². The molecule has 0 aromatic heterocycles. The van der Waals surface area contributed by atoms with Gasteiger partial charge in [-0.15, -0.1) is 0 Å². The molecule has 2 aromatic rings. The lowest BCUT2D eigenvalue weighted by Crippen LogP contribution is -2.13. The fourth-order valence-electron chi connectivity index (χ4n) is 2.13. The molecule has 0 amide bonds. The zero-order valence-electron chi connectivity index (χ0n) is 11.8. The Morgan fingerprint density at radius 3 is 2.45 bits per heavy atom. The molecule has 0 aliphatic carbocycles. The summed E-state index contributed by atoms with van der Waals surface area (Å²) >= 11 is 0. The van der Waals surface area contributed by atoms with Crippen LogP contribution in [-0.2, 0) is 6.54 Å². The van der Waals surface area contributed by atoms with Crippen molar-refractivity contribution >= 4 is 0 Å². The molecule has 1 N–H and O–H groups in total. The van der Waals surface area contributed by atoms with Crippen molar-refractivity contribution < 1.29 is 8.78 Å². The fourth-order valence-corrected chi connectivity index (χ4v) is 2.13. The quantitative estimate of drug-likeness (QED) is 0.795.